The summed E-state index contributed by atoms with van der Waals surface area (Å²) in [5.41, 5.74) is 1.52. The molecular formula is C15H20N2O5S. The third-order valence-electron chi connectivity index (χ3n) is 4.30. The van der Waals surface area contributed by atoms with Crippen LogP contribution in [0.15, 0.2) is 18.2 Å². The summed E-state index contributed by atoms with van der Waals surface area (Å²) in [6.45, 7) is 3.99. The van der Waals surface area contributed by atoms with Crippen LogP contribution < -0.4 is 4.31 Å². The van der Waals surface area contributed by atoms with Gasteiger partial charge in [-0.2, -0.15) is 12.7 Å². The van der Waals surface area contributed by atoms with Crippen LogP contribution in [0.25, 0.3) is 0 Å². The minimum Gasteiger partial charge on any atom is -0.478 e. The number of carbonyl (C=O) groups is 1. The lowest BCUT2D eigenvalue weighted by atomic mass is 10.0. The molecule has 2 heterocycles. The van der Waals surface area contributed by atoms with Crippen LogP contribution in [0.5, 0.6) is 0 Å². The van der Waals surface area contributed by atoms with E-state index in [1.165, 1.54) is 14.7 Å². The molecule has 23 heavy (non-hydrogen) atoms. The maximum atomic E-state index is 12.9. The Bertz CT molecular complexity index is 711. The van der Waals surface area contributed by atoms with E-state index in [0.29, 0.717) is 45.0 Å². The normalized spacial score (nSPS) is 22.7. The standard InChI is InChI=1S/C15H20N2O5S/c1-11-10-17(14-4-3-12(15(18)19)9-13(11)14)23(20,21)16-5-2-7-22-8-6-16/h3-4,9,11H,2,5-8,10H2,1H3,(H,18,19). The predicted molar refractivity (Wildman–Crippen MR) is 85.1 cm³/mol. The summed E-state index contributed by atoms with van der Waals surface area (Å²) < 4.78 is 34.1. The van der Waals surface area contributed by atoms with Gasteiger partial charge in [0.25, 0.3) is 0 Å². The van der Waals surface area contributed by atoms with Crippen LogP contribution in [0, 0.1) is 0 Å². The fourth-order valence-electron chi connectivity index (χ4n) is 3.07. The quantitative estimate of drug-likeness (QED) is 0.895. The minimum atomic E-state index is -3.63. The highest BCUT2D eigenvalue weighted by molar-refractivity contribution is 7.90. The molecule has 0 radical (unpaired) electrons. The molecule has 1 unspecified atom stereocenters. The Morgan fingerprint density at radius 3 is 2.83 bits per heavy atom. The molecule has 0 bridgehead atoms. The predicted octanol–water partition coefficient (Wildman–Crippen LogP) is 1.28. The van der Waals surface area contributed by atoms with E-state index in [1.807, 2.05) is 6.92 Å². The number of anilines is 1. The number of benzene rings is 1. The first-order chi connectivity index (χ1) is 10.9. The molecule has 1 N–H and O–H groups in total. The number of carboxylic acids is 1. The van der Waals surface area contributed by atoms with Gasteiger partial charge in [-0.15, -0.1) is 0 Å². The average Bonchev–Trinajstić information content (AvgIpc) is 2.70. The second-order valence-corrected chi connectivity index (χ2v) is 7.74. The molecule has 0 saturated carbocycles. The van der Waals surface area contributed by atoms with Crippen molar-refractivity contribution in [1.82, 2.24) is 4.31 Å². The van der Waals surface area contributed by atoms with Crippen LogP contribution in [0.4, 0.5) is 5.69 Å². The Labute approximate surface area is 135 Å². The number of fused-ring (bicyclic) bond motifs is 1. The zero-order valence-corrected chi connectivity index (χ0v) is 13.8. The molecule has 1 saturated heterocycles. The zero-order chi connectivity index (χ0) is 16.6. The molecule has 0 aromatic heterocycles. The highest BCUT2D eigenvalue weighted by Crippen LogP contribution is 2.39. The van der Waals surface area contributed by atoms with Crippen molar-refractivity contribution in [3.05, 3.63) is 29.3 Å². The van der Waals surface area contributed by atoms with Crippen LogP contribution in [0.3, 0.4) is 0 Å². The molecule has 126 valence electrons. The van der Waals surface area contributed by atoms with Crippen LogP contribution in [-0.2, 0) is 14.9 Å². The Kier molecular flexibility index (Phi) is 4.31. The summed E-state index contributed by atoms with van der Waals surface area (Å²) in [5, 5.41) is 9.11. The van der Waals surface area contributed by atoms with Crippen molar-refractivity contribution in [3.63, 3.8) is 0 Å². The first-order valence-electron chi connectivity index (χ1n) is 7.64. The van der Waals surface area contributed by atoms with Gasteiger partial charge in [-0.3, -0.25) is 4.31 Å². The minimum absolute atomic E-state index is 0.0395. The van der Waals surface area contributed by atoms with Gasteiger partial charge in [0.1, 0.15) is 0 Å². The van der Waals surface area contributed by atoms with E-state index in [0.717, 1.165) is 5.56 Å². The summed E-state index contributed by atoms with van der Waals surface area (Å²) in [6.07, 6.45) is 0.674. The summed E-state index contributed by atoms with van der Waals surface area (Å²) in [4.78, 5) is 11.1. The smallest absolute Gasteiger partial charge is 0.335 e. The zero-order valence-electron chi connectivity index (χ0n) is 12.9. The molecular weight excluding hydrogens is 320 g/mol. The molecule has 0 spiro atoms. The summed E-state index contributed by atoms with van der Waals surface area (Å²) >= 11 is 0. The molecule has 3 rings (SSSR count). The van der Waals surface area contributed by atoms with E-state index in [1.54, 1.807) is 12.1 Å². The highest BCUT2D eigenvalue weighted by Gasteiger charge is 2.37. The molecule has 1 aromatic carbocycles. The van der Waals surface area contributed by atoms with Gasteiger partial charge in [0.05, 0.1) is 17.9 Å². The van der Waals surface area contributed by atoms with Gasteiger partial charge < -0.3 is 9.84 Å². The maximum absolute atomic E-state index is 12.9. The van der Waals surface area contributed by atoms with E-state index >= 15 is 0 Å². The van der Waals surface area contributed by atoms with Crippen LogP contribution in [0.1, 0.15) is 35.2 Å². The molecule has 1 atom stereocenters. The molecule has 8 heteroatoms. The third kappa shape index (κ3) is 2.93. The maximum Gasteiger partial charge on any atom is 0.335 e. The van der Waals surface area contributed by atoms with Gasteiger partial charge in [-0.1, -0.05) is 6.92 Å². The lowest BCUT2D eigenvalue weighted by Gasteiger charge is -2.27. The SMILES string of the molecule is CC1CN(S(=O)(=O)N2CCCOCC2)c2ccc(C(=O)O)cc21. The van der Waals surface area contributed by atoms with Crippen LogP contribution >= 0.6 is 0 Å². The number of ether oxygens (including phenoxy) is 1. The van der Waals surface area contributed by atoms with Crippen LogP contribution in [-0.4, -0.2) is 56.6 Å². The van der Waals surface area contributed by atoms with Crippen molar-refractivity contribution in [2.24, 2.45) is 0 Å². The lowest BCUT2D eigenvalue weighted by Crippen LogP contribution is -2.44. The van der Waals surface area contributed by atoms with Crippen molar-refractivity contribution in [3.8, 4) is 0 Å². The number of aromatic carboxylic acids is 1. The number of rotatable bonds is 3. The highest BCUT2D eigenvalue weighted by atomic mass is 32.2. The molecule has 2 aliphatic heterocycles. The summed E-state index contributed by atoms with van der Waals surface area (Å²) in [5.74, 6) is -1.05. The van der Waals surface area contributed by atoms with Gasteiger partial charge in [0.15, 0.2) is 0 Å². The van der Waals surface area contributed by atoms with E-state index in [-0.39, 0.29) is 11.5 Å². The topological polar surface area (TPSA) is 87.2 Å². The first-order valence-corrected chi connectivity index (χ1v) is 9.04. The lowest BCUT2D eigenvalue weighted by molar-refractivity contribution is 0.0697. The second-order valence-electron chi connectivity index (χ2n) is 5.88. The van der Waals surface area contributed by atoms with E-state index < -0.39 is 16.2 Å². The van der Waals surface area contributed by atoms with E-state index in [4.69, 9.17) is 9.84 Å². The van der Waals surface area contributed by atoms with Gasteiger partial charge in [0, 0.05) is 32.2 Å². The van der Waals surface area contributed by atoms with Gasteiger partial charge in [0.2, 0.25) is 0 Å². The van der Waals surface area contributed by atoms with Crippen molar-refractivity contribution < 1.29 is 23.1 Å². The molecule has 2 aliphatic rings. The number of nitrogens with zero attached hydrogens (tertiary/aromatic N) is 2. The summed E-state index contributed by atoms with van der Waals surface area (Å²) in [7, 11) is -3.63. The molecule has 1 fully saturated rings. The monoisotopic (exact) mass is 340 g/mol. The first kappa shape index (κ1) is 16.2. The van der Waals surface area contributed by atoms with Gasteiger partial charge in [-0.05, 0) is 30.2 Å². The fourth-order valence-corrected chi connectivity index (χ4v) is 4.84. The Balaban J connectivity index is 1.95. The molecule has 0 aliphatic carbocycles. The second kappa shape index (κ2) is 6.10. The fraction of sp³-hybridized carbons (Fsp3) is 0.533. The molecule has 7 nitrogen and oxygen atoms in total. The molecule has 0 amide bonds. The number of hydrogen-bond acceptors (Lipinski definition) is 4. The molecule has 1 aromatic rings. The summed E-state index contributed by atoms with van der Waals surface area (Å²) in [6, 6.07) is 4.62. The number of hydrogen-bond donors (Lipinski definition) is 1. The largest absolute Gasteiger partial charge is 0.478 e. The average molecular weight is 340 g/mol. The van der Waals surface area contributed by atoms with Crippen molar-refractivity contribution in [1.29, 1.82) is 0 Å². The van der Waals surface area contributed by atoms with Crippen LogP contribution in [0.2, 0.25) is 0 Å². The van der Waals surface area contributed by atoms with E-state index in [2.05, 4.69) is 0 Å². The van der Waals surface area contributed by atoms with Crippen molar-refractivity contribution >= 4 is 21.9 Å². The Hall–Kier alpha value is -1.64. The van der Waals surface area contributed by atoms with E-state index in [9.17, 15) is 13.2 Å². The van der Waals surface area contributed by atoms with Gasteiger partial charge in [-0.25, -0.2) is 4.79 Å². The van der Waals surface area contributed by atoms with Crippen molar-refractivity contribution in [2.75, 3.05) is 37.2 Å². The Morgan fingerprint density at radius 1 is 1.30 bits per heavy atom. The third-order valence-corrected chi connectivity index (χ3v) is 6.22. The van der Waals surface area contributed by atoms with Crippen molar-refractivity contribution in [2.45, 2.75) is 19.3 Å². The number of carboxylic acid groups (broad SMARTS) is 1. The Morgan fingerprint density at radius 2 is 2.09 bits per heavy atom. The van der Waals surface area contributed by atoms with Gasteiger partial charge >= 0.3 is 16.2 Å².